The van der Waals surface area contributed by atoms with Gasteiger partial charge in [-0.2, -0.15) is 0 Å². The van der Waals surface area contributed by atoms with Crippen molar-refractivity contribution in [1.29, 1.82) is 0 Å². The maximum Gasteiger partial charge on any atom is 0.259 e. The van der Waals surface area contributed by atoms with Crippen LogP contribution in [-0.4, -0.2) is 18.0 Å². The zero-order valence-electron chi connectivity index (χ0n) is 14.2. The zero-order valence-corrected chi connectivity index (χ0v) is 14.2. The summed E-state index contributed by atoms with van der Waals surface area (Å²) in [4.78, 5) is 19.3. The highest BCUT2D eigenvalue weighted by molar-refractivity contribution is 6.11. The van der Waals surface area contributed by atoms with Crippen LogP contribution in [0.15, 0.2) is 60.8 Å². The Hall–Kier alpha value is -3.14. The molecule has 0 radical (unpaired) electrons. The van der Waals surface area contributed by atoms with E-state index in [1.165, 1.54) is 0 Å². The number of aromatic nitrogens is 1. The first-order chi connectivity index (χ1) is 12.2. The van der Waals surface area contributed by atoms with E-state index in [-0.39, 0.29) is 5.91 Å². The first-order valence-electron chi connectivity index (χ1n) is 8.19. The number of rotatable bonds is 3. The number of amides is 1. The number of carbonyl (C=O) groups excluding carboxylic acids is 1. The number of benzene rings is 2. The molecule has 2 aromatic carbocycles. The zero-order chi connectivity index (χ0) is 17.4. The van der Waals surface area contributed by atoms with Gasteiger partial charge in [0, 0.05) is 28.6 Å². The molecule has 1 aromatic heterocycles. The van der Waals surface area contributed by atoms with Crippen LogP contribution in [0.25, 0.3) is 11.3 Å². The molecule has 1 amide bonds. The topological polar surface area (TPSA) is 42.4 Å². The van der Waals surface area contributed by atoms with Crippen LogP contribution in [0, 0.1) is 6.92 Å². The molecule has 0 bridgehead atoms. The predicted octanol–water partition coefficient (Wildman–Crippen LogP) is 4.23. The molecule has 0 saturated carbocycles. The Bertz CT molecular complexity index is 966. The van der Waals surface area contributed by atoms with E-state index < -0.39 is 0 Å². The number of carbonyl (C=O) groups is 1. The Balaban J connectivity index is 1.82. The highest BCUT2D eigenvalue weighted by Gasteiger charge is 2.31. The van der Waals surface area contributed by atoms with Gasteiger partial charge in [-0.05, 0) is 42.8 Å². The summed E-state index contributed by atoms with van der Waals surface area (Å²) in [5, 5.41) is 0. The van der Waals surface area contributed by atoms with Crippen molar-refractivity contribution in [2.75, 3.05) is 12.0 Å². The molecule has 4 nitrogen and oxygen atoms in total. The lowest BCUT2D eigenvalue weighted by molar-refractivity contribution is 0.0996. The Morgan fingerprint density at radius 1 is 1.04 bits per heavy atom. The highest BCUT2D eigenvalue weighted by Crippen LogP contribution is 2.37. The van der Waals surface area contributed by atoms with Crippen LogP contribution >= 0.6 is 0 Å². The number of ether oxygens (including phenoxy) is 1. The van der Waals surface area contributed by atoms with Gasteiger partial charge in [-0.1, -0.05) is 24.3 Å². The first kappa shape index (κ1) is 15.4. The summed E-state index contributed by atoms with van der Waals surface area (Å²) in [5.74, 6) is 0.768. The number of methoxy groups -OCH3 is 1. The smallest absolute Gasteiger partial charge is 0.259 e. The molecule has 25 heavy (non-hydrogen) atoms. The summed E-state index contributed by atoms with van der Waals surface area (Å²) in [6, 6.07) is 17.6. The standard InChI is InChI=1S/C21H18N2O2/c1-14-6-5-7-15(12-14)23-13-18-16(21(23)24)10-11-22-20(18)17-8-3-4-9-19(17)25-2/h3-12H,13H2,1-2H3. The van der Waals surface area contributed by atoms with Crippen molar-refractivity contribution in [1.82, 2.24) is 4.98 Å². The fourth-order valence-electron chi connectivity index (χ4n) is 3.30. The number of nitrogens with zero attached hydrogens (tertiary/aromatic N) is 2. The predicted molar refractivity (Wildman–Crippen MR) is 97.9 cm³/mol. The van der Waals surface area contributed by atoms with Gasteiger partial charge in [-0.3, -0.25) is 9.78 Å². The second-order valence-electron chi connectivity index (χ2n) is 6.12. The molecule has 1 aliphatic heterocycles. The minimum atomic E-state index is 0.0131. The first-order valence-corrected chi connectivity index (χ1v) is 8.19. The van der Waals surface area contributed by atoms with Crippen LogP contribution in [0.2, 0.25) is 0 Å². The Morgan fingerprint density at radius 3 is 2.68 bits per heavy atom. The number of pyridine rings is 1. The minimum absolute atomic E-state index is 0.0131. The van der Waals surface area contributed by atoms with E-state index in [0.717, 1.165) is 33.8 Å². The third-order valence-corrected chi connectivity index (χ3v) is 4.52. The molecule has 0 atom stereocenters. The second-order valence-corrected chi connectivity index (χ2v) is 6.12. The van der Waals surface area contributed by atoms with Gasteiger partial charge in [0.2, 0.25) is 0 Å². The van der Waals surface area contributed by atoms with E-state index in [1.807, 2.05) is 55.5 Å². The average Bonchev–Trinajstić information content (AvgIpc) is 2.99. The second kappa shape index (κ2) is 6.06. The maximum atomic E-state index is 12.9. The van der Waals surface area contributed by atoms with E-state index in [4.69, 9.17) is 4.74 Å². The van der Waals surface area contributed by atoms with Crippen LogP contribution in [0.3, 0.4) is 0 Å². The van der Waals surface area contributed by atoms with E-state index in [2.05, 4.69) is 4.98 Å². The number of anilines is 1. The lowest BCUT2D eigenvalue weighted by Gasteiger charge is -2.16. The summed E-state index contributed by atoms with van der Waals surface area (Å²) >= 11 is 0. The lowest BCUT2D eigenvalue weighted by Crippen LogP contribution is -2.22. The molecule has 0 spiro atoms. The van der Waals surface area contributed by atoms with Gasteiger partial charge in [0.05, 0.1) is 19.3 Å². The van der Waals surface area contributed by atoms with Gasteiger partial charge >= 0.3 is 0 Å². The normalized spacial score (nSPS) is 13.0. The third kappa shape index (κ3) is 2.56. The van der Waals surface area contributed by atoms with Crippen LogP contribution in [0.4, 0.5) is 5.69 Å². The van der Waals surface area contributed by atoms with Crippen molar-refractivity contribution in [2.24, 2.45) is 0 Å². The third-order valence-electron chi connectivity index (χ3n) is 4.52. The maximum absolute atomic E-state index is 12.9. The number of hydrogen-bond acceptors (Lipinski definition) is 3. The monoisotopic (exact) mass is 330 g/mol. The summed E-state index contributed by atoms with van der Waals surface area (Å²) in [6.45, 7) is 2.54. The summed E-state index contributed by atoms with van der Waals surface area (Å²) in [5.41, 5.74) is 5.40. The van der Waals surface area contributed by atoms with Crippen molar-refractivity contribution >= 4 is 11.6 Å². The largest absolute Gasteiger partial charge is 0.496 e. The number of hydrogen-bond donors (Lipinski definition) is 0. The van der Waals surface area contributed by atoms with Crippen molar-refractivity contribution in [3.8, 4) is 17.0 Å². The van der Waals surface area contributed by atoms with Crippen molar-refractivity contribution in [3.63, 3.8) is 0 Å². The molecule has 0 fully saturated rings. The van der Waals surface area contributed by atoms with Crippen molar-refractivity contribution < 1.29 is 9.53 Å². The van der Waals surface area contributed by atoms with Gasteiger partial charge < -0.3 is 9.64 Å². The van der Waals surface area contributed by atoms with Gasteiger partial charge in [-0.15, -0.1) is 0 Å². The van der Waals surface area contributed by atoms with Gasteiger partial charge in [0.1, 0.15) is 5.75 Å². The van der Waals surface area contributed by atoms with Crippen LogP contribution in [0.5, 0.6) is 5.75 Å². The van der Waals surface area contributed by atoms with Crippen LogP contribution < -0.4 is 9.64 Å². The van der Waals surface area contributed by atoms with Crippen LogP contribution in [0.1, 0.15) is 21.5 Å². The van der Waals surface area contributed by atoms with Crippen LogP contribution in [-0.2, 0) is 6.54 Å². The molecule has 0 aliphatic carbocycles. The molecule has 0 N–H and O–H groups in total. The molecule has 1 aliphatic rings. The Kier molecular flexibility index (Phi) is 3.73. The molecule has 124 valence electrons. The van der Waals surface area contributed by atoms with Gasteiger partial charge in [-0.25, -0.2) is 0 Å². The number of fused-ring (bicyclic) bond motifs is 1. The number of para-hydroxylation sites is 1. The molecular weight excluding hydrogens is 312 g/mol. The van der Waals surface area contributed by atoms with E-state index in [1.54, 1.807) is 24.3 Å². The summed E-state index contributed by atoms with van der Waals surface area (Å²) < 4.78 is 5.48. The summed E-state index contributed by atoms with van der Waals surface area (Å²) in [7, 11) is 1.65. The molecule has 0 saturated heterocycles. The molecular formula is C21H18N2O2. The highest BCUT2D eigenvalue weighted by atomic mass is 16.5. The average molecular weight is 330 g/mol. The molecule has 4 rings (SSSR count). The molecule has 4 heteroatoms. The molecule has 0 unspecified atom stereocenters. The van der Waals surface area contributed by atoms with Gasteiger partial charge in [0.25, 0.3) is 5.91 Å². The minimum Gasteiger partial charge on any atom is -0.496 e. The molecule has 2 heterocycles. The quantitative estimate of drug-likeness (QED) is 0.722. The van der Waals surface area contributed by atoms with Crippen molar-refractivity contribution in [3.05, 3.63) is 77.5 Å². The summed E-state index contributed by atoms with van der Waals surface area (Å²) in [6.07, 6.45) is 1.69. The van der Waals surface area contributed by atoms with E-state index in [9.17, 15) is 4.79 Å². The van der Waals surface area contributed by atoms with E-state index >= 15 is 0 Å². The fraction of sp³-hybridized carbons (Fsp3) is 0.143. The SMILES string of the molecule is COc1ccccc1-c1nccc2c1CN(c1cccc(C)c1)C2=O. The van der Waals surface area contributed by atoms with Crippen molar-refractivity contribution in [2.45, 2.75) is 13.5 Å². The lowest BCUT2D eigenvalue weighted by atomic mass is 10.0. The Labute approximate surface area is 146 Å². The Morgan fingerprint density at radius 2 is 1.88 bits per heavy atom. The number of aryl methyl sites for hydroxylation is 1. The van der Waals surface area contributed by atoms with Gasteiger partial charge in [0.15, 0.2) is 0 Å². The van der Waals surface area contributed by atoms with E-state index in [0.29, 0.717) is 12.1 Å². The fourth-order valence-corrected chi connectivity index (χ4v) is 3.30. The molecule has 3 aromatic rings.